The summed E-state index contributed by atoms with van der Waals surface area (Å²) in [5.74, 6) is -3.87. The highest BCUT2D eigenvalue weighted by Crippen LogP contribution is 2.68. The molecule has 1 N–H and O–H groups in total. The molecule has 1 aliphatic carbocycles. The van der Waals surface area contributed by atoms with Gasteiger partial charge in [-0.3, -0.25) is 9.59 Å². The molecule has 0 spiro atoms. The van der Waals surface area contributed by atoms with Gasteiger partial charge >= 0.3 is 5.97 Å². The minimum atomic E-state index is -2.71. The first kappa shape index (κ1) is 22.4. The molecule has 0 radical (unpaired) electrons. The summed E-state index contributed by atoms with van der Waals surface area (Å²) in [7, 11) is 1.16. The van der Waals surface area contributed by atoms with E-state index < -0.39 is 41.2 Å². The van der Waals surface area contributed by atoms with Gasteiger partial charge in [0.05, 0.1) is 12.1 Å². The molecule has 2 aliphatic rings. The lowest BCUT2D eigenvalue weighted by atomic mass is 9.44. The van der Waals surface area contributed by atoms with Crippen LogP contribution in [0.2, 0.25) is 5.02 Å². The molecule has 1 fully saturated rings. The number of carbonyl (C=O) groups is 2. The Morgan fingerprint density at radius 3 is 2.47 bits per heavy atom. The van der Waals surface area contributed by atoms with Crippen LogP contribution < -0.4 is 4.74 Å². The first-order valence-corrected chi connectivity index (χ1v) is 10.8. The van der Waals surface area contributed by atoms with Crippen LogP contribution in [0.15, 0.2) is 66.9 Å². The molecule has 6 nitrogen and oxygen atoms in total. The molecule has 5 rings (SSSR count). The van der Waals surface area contributed by atoms with E-state index in [1.54, 1.807) is 30.3 Å². The Morgan fingerprint density at radius 1 is 1.18 bits per heavy atom. The van der Waals surface area contributed by atoms with Crippen LogP contribution in [0.1, 0.15) is 39.5 Å². The van der Waals surface area contributed by atoms with Crippen LogP contribution in [-0.4, -0.2) is 34.6 Å². The molecule has 34 heavy (non-hydrogen) atoms. The van der Waals surface area contributed by atoms with Gasteiger partial charge in [-0.2, -0.15) is 0 Å². The molecular formula is C25H18ClF2NO5. The zero-order chi connectivity index (χ0) is 24.3. The van der Waals surface area contributed by atoms with Crippen LogP contribution >= 0.6 is 11.6 Å². The monoisotopic (exact) mass is 485 g/mol. The third kappa shape index (κ3) is 2.85. The van der Waals surface area contributed by atoms with Crippen molar-refractivity contribution in [1.29, 1.82) is 0 Å². The van der Waals surface area contributed by atoms with E-state index in [0.29, 0.717) is 5.56 Å². The Hall–Kier alpha value is -3.36. The van der Waals surface area contributed by atoms with Crippen molar-refractivity contribution in [2.45, 2.75) is 23.5 Å². The van der Waals surface area contributed by atoms with Gasteiger partial charge in [0, 0.05) is 23.7 Å². The van der Waals surface area contributed by atoms with E-state index in [1.165, 1.54) is 36.5 Å². The van der Waals surface area contributed by atoms with Crippen molar-refractivity contribution in [2.24, 2.45) is 5.92 Å². The molecule has 0 saturated heterocycles. The van der Waals surface area contributed by atoms with Gasteiger partial charge in [0.15, 0.2) is 22.6 Å². The quantitative estimate of drug-likeness (QED) is 0.549. The second-order valence-electron chi connectivity index (χ2n) is 8.25. The summed E-state index contributed by atoms with van der Waals surface area (Å²) in [6, 6.07) is 15.2. The number of benzene rings is 2. The van der Waals surface area contributed by atoms with Gasteiger partial charge in [0.2, 0.25) is 5.78 Å². The predicted octanol–water partition coefficient (Wildman–Crippen LogP) is 4.46. The van der Waals surface area contributed by atoms with Crippen LogP contribution in [0.4, 0.5) is 8.78 Å². The van der Waals surface area contributed by atoms with E-state index in [4.69, 9.17) is 21.1 Å². The number of nitrogens with zero attached hydrogens (tertiary/aromatic N) is 1. The SMILES string of the molecule is COC(=O)C1C(c2ccccc2)C2(c3ccc(C(F)F)cc3)Oc3cc(Cl)cnc3C(=O)C12O. The van der Waals surface area contributed by atoms with Crippen molar-refractivity contribution >= 4 is 23.4 Å². The van der Waals surface area contributed by atoms with Crippen LogP contribution in [-0.2, 0) is 15.1 Å². The lowest BCUT2D eigenvalue weighted by Gasteiger charge is -2.64. The highest BCUT2D eigenvalue weighted by molar-refractivity contribution is 6.30. The van der Waals surface area contributed by atoms with Crippen molar-refractivity contribution in [3.05, 3.63) is 94.3 Å². The summed E-state index contributed by atoms with van der Waals surface area (Å²) in [4.78, 5) is 30.7. The number of aliphatic hydroxyl groups is 1. The Labute approximate surface area is 198 Å². The van der Waals surface area contributed by atoms with E-state index in [0.717, 1.165) is 7.11 Å². The number of halogens is 3. The molecule has 174 valence electrons. The fourth-order valence-electron chi connectivity index (χ4n) is 5.18. The first-order chi connectivity index (χ1) is 16.3. The Kier molecular flexibility index (Phi) is 5.18. The molecule has 1 saturated carbocycles. The van der Waals surface area contributed by atoms with Crippen LogP contribution in [0.5, 0.6) is 5.75 Å². The first-order valence-electron chi connectivity index (χ1n) is 10.4. The standard InChI is InChI=1S/C25H18ClF2NO5/c1-33-23(31)19-18(13-5-3-2-4-6-13)25(15-9-7-14(8-10-15)22(27)28)24(19,32)21(30)20-17(34-25)11-16(26)12-29-20/h2-12,18-19,22,32H,1H3. The molecule has 2 heterocycles. The number of pyridine rings is 1. The summed E-state index contributed by atoms with van der Waals surface area (Å²) < 4.78 is 37.8. The predicted molar refractivity (Wildman–Crippen MR) is 117 cm³/mol. The molecule has 4 atom stereocenters. The van der Waals surface area contributed by atoms with Crippen molar-refractivity contribution < 1.29 is 33.0 Å². The van der Waals surface area contributed by atoms with Gasteiger partial charge in [-0.25, -0.2) is 13.8 Å². The highest BCUT2D eigenvalue weighted by Gasteiger charge is 2.82. The smallest absolute Gasteiger partial charge is 0.313 e. The zero-order valence-corrected chi connectivity index (χ0v) is 18.5. The van der Waals surface area contributed by atoms with Crippen molar-refractivity contribution in [1.82, 2.24) is 4.98 Å². The third-order valence-electron chi connectivity index (χ3n) is 6.64. The maximum atomic E-state index is 13.7. The number of Topliss-reactive ketones (excluding diaryl/α,β-unsaturated/α-hetero) is 1. The lowest BCUT2D eigenvalue weighted by molar-refractivity contribution is -0.251. The van der Waals surface area contributed by atoms with E-state index in [9.17, 15) is 23.5 Å². The number of esters is 1. The van der Waals surface area contributed by atoms with Gasteiger partial charge < -0.3 is 14.6 Å². The summed E-state index contributed by atoms with van der Waals surface area (Å²) in [5, 5.41) is 12.2. The zero-order valence-electron chi connectivity index (χ0n) is 17.7. The number of ether oxygens (including phenoxy) is 2. The highest BCUT2D eigenvalue weighted by atomic mass is 35.5. The Balaban J connectivity index is 1.81. The van der Waals surface area contributed by atoms with Crippen molar-refractivity contribution in [3.63, 3.8) is 0 Å². The van der Waals surface area contributed by atoms with E-state index in [1.807, 2.05) is 0 Å². The minimum absolute atomic E-state index is 0.0179. The number of rotatable bonds is 4. The minimum Gasteiger partial charge on any atom is -0.476 e. The lowest BCUT2D eigenvalue weighted by Crippen LogP contribution is -2.80. The molecule has 0 bridgehead atoms. The number of hydrogen-bond acceptors (Lipinski definition) is 6. The van der Waals surface area contributed by atoms with Gasteiger partial charge in [0.25, 0.3) is 6.43 Å². The van der Waals surface area contributed by atoms with Gasteiger partial charge in [-0.15, -0.1) is 0 Å². The number of methoxy groups -OCH3 is 1. The second kappa shape index (κ2) is 7.85. The normalized spacial score (nSPS) is 27.3. The fourth-order valence-corrected chi connectivity index (χ4v) is 5.33. The van der Waals surface area contributed by atoms with E-state index in [2.05, 4.69) is 4.98 Å². The molecule has 2 aromatic carbocycles. The second-order valence-corrected chi connectivity index (χ2v) is 8.68. The topological polar surface area (TPSA) is 85.7 Å². The molecule has 4 unspecified atom stereocenters. The number of alkyl halides is 2. The van der Waals surface area contributed by atoms with Gasteiger partial charge in [0.1, 0.15) is 5.92 Å². The molecule has 0 amide bonds. The van der Waals surface area contributed by atoms with Crippen LogP contribution in [0.25, 0.3) is 0 Å². The van der Waals surface area contributed by atoms with Crippen LogP contribution in [0, 0.1) is 5.92 Å². The molecular weight excluding hydrogens is 468 g/mol. The number of fused-ring (bicyclic) bond motifs is 2. The summed E-state index contributed by atoms with van der Waals surface area (Å²) in [5.41, 5.74) is -3.84. The molecule has 1 aliphatic heterocycles. The third-order valence-corrected chi connectivity index (χ3v) is 6.85. The summed E-state index contributed by atoms with van der Waals surface area (Å²) in [6.45, 7) is 0. The van der Waals surface area contributed by atoms with Gasteiger partial charge in [-0.05, 0) is 11.1 Å². The summed E-state index contributed by atoms with van der Waals surface area (Å²) in [6.07, 6.45) is -1.48. The maximum absolute atomic E-state index is 13.7. The average Bonchev–Trinajstić information content (AvgIpc) is 2.84. The largest absolute Gasteiger partial charge is 0.476 e. The number of carbonyl (C=O) groups excluding carboxylic acids is 2. The Morgan fingerprint density at radius 2 is 1.85 bits per heavy atom. The number of aromatic nitrogens is 1. The molecule has 3 aromatic rings. The van der Waals surface area contributed by atoms with E-state index >= 15 is 0 Å². The molecule has 9 heteroatoms. The van der Waals surface area contributed by atoms with Gasteiger partial charge in [-0.1, -0.05) is 66.2 Å². The number of ketones is 1. The fraction of sp³-hybridized carbons (Fsp3) is 0.240. The van der Waals surface area contributed by atoms with E-state index in [-0.39, 0.29) is 27.6 Å². The van der Waals surface area contributed by atoms with Crippen molar-refractivity contribution in [3.8, 4) is 5.75 Å². The summed E-state index contributed by atoms with van der Waals surface area (Å²) >= 11 is 6.09. The average molecular weight is 486 g/mol. The Bertz CT molecular complexity index is 1290. The van der Waals surface area contributed by atoms with Crippen LogP contribution in [0.3, 0.4) is 0 Å². The van der Waals surface area contributed by atoms with Crippen molar-refractivity contribution in [2.75, 3.05) is 7.11 Å². The maximum Gasteiger partial charge on any atom is 0.313 e. The molecule has 1 aromatic heterocycles. The number of hydrogen-bond donors (Lipinski definition) is 1.